The van der Waals surface area contributed by atoms with E-state index in [-0.39, 0.29) is 101 Å². The van der Waals surface area contributed by atoms with Gasteiger partial charge in [0, 0.05) is 38.8 Å². The molecule has 1 aliphatic heterocycles. The lowest BCUT2D eigenvalue weighted by Gasteiger charge is -2.33. The molecule has 38 heteroatoms. The summed E-state index contributed by atoms with van der Waals surface area (Å²) in [6.07, 6.45) is -2.62. The molecule has 1 fully saturated rings. The van der Waals surface area contributed by atoms with Crippen LogP contribution in [0.3, 0.4) is 0 Å². The van der Waals surface area contributed by atoms with Gasteiger partial charge in [0.25, 0.3) is 0 Å². The fraction of sp³-hybridized carbons (Fsp3) is 0.562. The number of aliphatic hydroxyl groups excluding tert-OH is 1. The Bertz CT molecular complexity index is 3940. The number of primary amides is 3. The molecule has 38 nitrogen and oxygen atoms in total. The highest BCUT2D eigenvalue weighted by molar-refractivity contribution is 6.00. The topological polar surface area (TPSA) is 630 Å². The lowest BCUT2D eigenvalue weighted by molar-refractivity contribution is -0.143. The van der Waals surface area contributed by atoms with E-state index in [0.717, 1.165) is 5.56 Å². The highest BCUT2D eigenvalue weighted by Gasteiger charge is 2.43. The number of likely N-dealkylation sites (tertiary alicyclic amines) is 1. The molecular weight excluding hydrogens is 1530 g/mol. The first-order chi connectivity index (χ1) is 55.6. The fourth-order valence-corrected chi connectivity index (χ4v) is 12.8. The molecule has 16 amide bonds. The van der Waals surface area contributed by atoms with Crippen LogP contribution in [0.25, 0.3) is 0 Å². The van der Waals surface area contributed by atoms with E-state index in [2.05, 4.69) is 68.8 Å². The first kappa shape index (κ1) is 98.5. The molecule has 3 aromatic rings. The number of hydrogen-bond donors (Lipinski definition) is 20. The molecule has 0 aromatic heterocycles. The minimum Gasteiger partial charge on any atom is -0.508 e. The largest absolute Gasteiger partial charge is 0.508 e. The Labute approximate surface area is 687 Å². The summed E-state index contributed by atoms with van der Waals surface area (Å²) < 4.78 is 0. The highest BCUT2D eigenvalue weighted by Crippen LogP contribution is 2.23. The zero-order valence-electron chi connectivity index (χ0n) is 68.8. The zero-order chi connectivity index (χ0) is 88.2. The molecule has 0 bridgehead atoms. The van der Waals surface area contributed by atoms with Gasteiger partial charge in [-0.05, 0) is 124 Å². The van der Waals surface area contributed by atoms with Crippen molar-refractivity contribution in [1.82, 2.24) is 68.7 Å². The highest BCUT2D eigenvalue weighted by atomic mass is 16.3. The summed E-state index contributed by atoms with van der Waals surface area (Å²) in [4.78, 5) is 226. The van der Waals surface area contributed by atoms with Gasteiger partial charge in [-0.25, -0.2) is 0 Å². The second kappa shape index (κ2) is 49.3. The summed E-state index contributed by atoms with van der Waals surface area (Å²) in [5.41, 5.74) is 35.3. The van der Waals surface area contributed by atoms with Crippen molar-refractivity contribution in [2.75, 3.05) is 19.6 Å². The number of amides is 16. The maximum absolute atomic E-state index is 14.7. The van der Waals surface area contributed by atoms with Crippen LogP contribution in [0, 0.1) is 23.7 Å². The van der Waals surface area contributed by atoms with Crippen LogP contribution in [0.1, 0.15) is 157 Å². The second-order valence-corrected chi connectivity index (χ2v) is 30.9. The molecule has 650 valence electrons. The van der Waals surface area contributed by atoms with Gasteiger partial charge in [-0.15, -0.1) is 0 Å². The number of benzene rings is 3. The van der Waals surface area contributed by atoms with Crippen LogP contribution in [0.2, 0.25) is 0 Å². The normalized spacial score (nSPS) is 16.1. The van der Waals surface area contributed by atoms with Crippen molar-refractivity contribution < 1.29 is 86.9 Å². The van der Waals surface area contributed by atoms with E-state index < -0.39 is 210 Å². The summed E-state index contributed by atoms with van der Waals surface area (Å²) in [5.74, 6) is -15.9. The lowest BCUT2D eigenvalue weighted by Crippen LogP contribution is -2.62. The minimum absolute atomic E-state index is 0.00367. The first-order valence-corrected chi connectivity index (χ1v) is 39.7. The molecule has 0 aliphatic carbocycles. The number of aliphatic imine (C=N–C) groups is 1. The van der Waals surface area contributed by atoms with Crippen LogP contribution in [0.4, 0.5) is 0 Å². The molecule has 0 radical (unpaired) electrons. The minimum atomic E-state index is -1.84. The first-order valence-electron chi connectivity index (χ1n) is 39.7. The third-order valence-electron chi connectivity index (χ3n) is 19.6. The van der Waals surface area contributed by atoms with E-state index >= 15 is 0 Å². The van der Waals surface area contributed by atoms with Crippen molar-refractivity contribution in [2.45, 2.75) is 244 Å². The number of phenolic OH excluding ortho intramolecular Hbond substituents is 1. The number of nitrogens with zero attached hydrogens (tertiary/aromatic N) is 2. The molecule has 26 N–H and O–H groups in total. The van der Waals surface area contributed by atoms with Crippen LogP contribution in [-0.4, -0.2) is 220 Å². The Morgan fingerprint density at radius 2 is 0.915 bits per heavy atom. The van der Waals surface area contributed by atoms with Gasteiger partial charge in [-0.3, -0.25) is 81.7 Å². The Balaban J connectivity index is 1.52. The summed E-state index contributed by atoms with van der Waals surface area (Å²) in [5, 5.41) is 52.3. The number of hydrogen-bond acceptors (Lipinski definition) is 20. The van der Waals surface area contributed by atoms with Gasteiger partial charge >= 0.3 is 0 Å². The van der Waals surface area contributed by atoms with Gasteiger partial charge in [0.15, 0.2) is 5.96 Å². The summed E-state index contributed by atoms with van der Waals surface area (Å²) in [7, 11) is 0. The van der Waals surface area contributed by atoms with Crippen LogP contribution in [-0.2, 0) is 96.0 Å². The number of rotatable bonds is 50. The lowest BCUT2D eigenvalue weighted by atomic mass is 9.96. The van der Waals surface area contributed by atoms with Crippen LogP contribution >= 0.6 is 0 Å². The average Bonchev–Trinajstić information content (AvgIpc) is 1.63. The number of carbonyl (C=O) groups is 16. The standard InChI is InChI=1S/C80H122N20O18/c1-11-45(8)65(98-76(115)60-25-19-35-100(60)79(118)64(44(6)7)97-69(108)52(81)38-48-20-14-12-15-21-48)77(116)96-59(39-49-22-16-13-17-23-49)75(114)99-66(47(10)101)78(117)95-58(40-50-26-28-51(102)29-27-50)70(109)88-41-63(105)89-46(9)68(107)93-56(36-42(2)3)74(113)92-55(31-33-62(83)104)72(111)91-54(24-18-34-87-80(85)86)71(110)94-57(37-43(4)5)73(112)90-53(67(84)106)30-32-61(82)103/h12-17,20-23,26-29,42-47,52-60,64-66,101-102H,11,18-19,24-25,30-41,81H2,1-10H3,(H2,82,103)(H2,83,104)(H2,84,106)(H,88,109)(H,89,105)(H,90,112)(H,91,111)(H,92,113)(H,93,107)(H,94,110)(H,95,117)(H,96,116)(H,97,108)(H,98,115)(H,99,114)(H4,85,86,87)/t45-,46-,47+,52-,53-,54-,55-,56-,57-,58-,59-,60-,64-,65-,66-/m0/s1. The van der Waals surface area contributed by atoms with Crippen molar-refractivity contribution in [1.29, 1.82) is 0 Å². The van der Waals surface area contributed by atoms with E-state index in [9.17, 15) is 86.9 Å². The van der Waals surface area contributed by atoms with Crippen molar-refractivity contribution in [3.8, 4) is 5.75 Å². The van der Waals surface area contributed by atoms with Crippen molar-refractivity contribution in [2.24, 2.45) is 63.1 Å². The number of nitrogens with one attached hydrogen (secondary N) is 12. The van der Waals surface area contributed by atoms with Crippen LogP contribution in [0.5, 0.6) is 5.75 Å². The Kier molecular flexibility index (Phi) is 41.2. The van der Waals surface area contributed by atoms with E-state index in [1.807, 2.05) is 30.3 Å². The van der Waals surface area contributed by atoms with E-state index in [4.69, 9.17) is 34.4 Å². The van der Waals surface area contributed by atoms with Gasteiger partial charge < -0.3 is 113 Å². The summed E-state index contributed by atoms with van der Waals surface area (Å²) >= 11 is 0. The molecule has 0 unspecified atom stereocenters. The monoisotopic (exact) mass is 1650 g/mol. The molecule has 118 heavy (non-hydrogen) atoms. The molecule has 4 rings (SSSR count). The average molecular weight is 1650 g/mol. The van der Waals surface area contributed by atoms with Gasteiger partial charge in [0.1, 0.15) is 78.3 Å². The van der Waals surface area contributed by atoms with Crippen molar-refractivity contribution >= 4 is 100 Å². The molecule has 15 atom stereocenters. The third kappa shape index (κ3) is 34.2. The summed E-state index contributed by atoms with van der Waals surface area (Å²) in [6, 6.07) is 5.07. The number of carbonyl (C=O) groups excluding carboxylic acids is 16. The van der Waals surface area contributed by atoms with Gasteiger partial charge in [-0.1, -0.05) is 135 Å². The summed E-state index contributed by atoms with van der Waals surface area (Å²) in [6.45, 7) is 15.6. The van der Waals surface area contributed by atoms with Crippen LogP contribution in [0.15, 0.2) is 89.9 Å². The smallest absolute Gasteiger partial charge is 0.246 e. The maximum Gasteiger partial charge on any atom is 0.246 e. The van der Waals surface area contributed by atoms with E-state index in [0.29, 0.717) is 24.0 Å². The Hall–Kier alpha value is -11.8. The molecule has 3 aromatic carbocycles. The van der Waals surface area contributed by atoms with Crippen molar-refractivity contribution in [3.05, 3.63) is 102 Å². The molecule has 1 saturated heterocycles. The molecule has 1 heterocycles. The number of aliphatic hydroxyl groups is 1. The zero-order valence-corrected chi connectivity index (χ0v) is 68.8. The van der Waals surface area contributed by atoms with Crippen LogP contribution < -0.4 is 98.2 Å². The van der Waals surface area contributed by atoms with Crippen molar-refractivity contribution in [3.63, 3.8) is 0 Å². The number of nitrogens with two attached hydrogens (primary N) is 6. The molecule has 0 saturated carbocycles. The molecule has 0 spiro atoms. The Morgan fingerprint density at radius 1 is 0.475 bits per heavy atom. The van der Waals surface area contributed by atoms with Gasteiger partial charge in [-0.2, -0.15) is 0 Å². The quantitative estimate of drug-likeness (QED) is 0.0148. The van der Waals surface area contributed by atoms with Gasteiger partial charge in [0.2, 0.25) is 94.5 Å². The van der Waals surface area contributed by atoms with E-state index in [1.54, 1.807) is 85.7 Å². The fourth-order valence-electron chi connectivity index (χ4n) is 12.8. The van der Waals surface area contributed by atoms with E-state index in [1.165, 1.54) is 43.0 Å². The predicted octanol–water partition coefficient (Wildman–Crippen LogP) is -3.55. The third-order valence-corrected chi connectivity index (χ3v) is 19.6. The predicted molar refractivity (Wildman–Crippen MR) is 436 cm³/mol. The van der Waals surface area contributed by atoms with Gasteiger partial charge in [0.05, 0.1) is 18.7 Å². The maximum atomic E-state index is 14.7. The SMILES string of the molecule is CC[C@H](C)[C@H](NC(=O)[C@@H]1CCCN1C(=O)[C@@H](NC(=O)[C@@H](N)Cc1ccccc1)C(C)C)C(=O)N[C@@H](Cc1ccccc1)C(=O)N[C@H](C(=O)N[C@@H](Cc1ccc(O)cc1)C(=O)NCC(=O)N[C@@H](C)C(=O)N[C@@H](CC(C)C)C(=O)N[C@@H](CCC(N)=O)C(=O)N[C@@H](CCCN=C(N)N)C(=O)N[C@@H](CC(C)C)C(=O)N[C@@H](CCC(N)=O)C(N)=O)[C@@H](C)O. The molecular formula is C80H122N20O18. The number of aromatic hydroxyl groups is 1. The molecule has 1 aliphatic rings. The number of phenols is 1. The second-order valence-electron chi connectivity index (χ2n) is 30.9. The number of guanidine groups is 1. The Morgan fingerprint density at radius 3 is 1.41 bits per heavy atom.